The van der Waals surface area contributed by atoms with Crippen molar-refractivity contribution in [3.63, 3.8) is 0 Å². The van der Waals surface area contributed by atoms with Crippen molar-refractivity contribution < 1.29 is 13.2 Å². The molecule has 2 unspecified atom stereocenters. The average Bonchev–Trinajstić information content (AvgIpc) is 3.26. The van der Waals surface area contributed by atoms with Gasteiger partial charge in [0.05, 0.1) is 0 Å². The normalized spacial score (nSPS) is 22.7. The molecule has 1 fully saturated rings. The molecule has 0 bridgehead atoms. The maximum absolute atomic E-state index is 12.2. The summed E-state index contributed by atoms with van der Waals surface area (Å²) in [6, 6.07) is 9.48. The highest BCUT2D eigenvalue weighted by Crippen LogP contribution is 2.40. The van der Waals surface area contributed by atoms with Crippen LogP contribution in [0.5, 0.6) is 0 Å². The number of carbonyl (C=O) groups is 1. The van der Waals surface area contributed by atoms with Crippen LogP contribution in [0.1, 0.15) is 23.2 Å². The first-order chi connectivity index (χ1) is 12.5. The fourth-order valence-corrected chi connectivity index (χ4v) is 5.21. The third-order valence-electron chi connectivity index (χ3n) is 4.61. The highest BCUT2D eigenvalue weighted by Gasteiger charge is 2.37. The second-order valence-electron chi connectivity index (χ2n) is 6.31. The summed E-state index contributed by atoms with van der Waals surface area (Å²) < 4.78 is 27.1. The fraction of sp³-hybridized carbons (Fsp3) is 0.222. The summed E-state index contributed by atoms with van der Waals surface area (Å²) in [5.41, 5.74) is 4.42. The van der Waals surface area contributed by atoms with Crippen LogP contribution in [0.4, 0.5) is 5.69 Å². The molecule has 2 atom stereocenters. The standard InChI is InChI=1S/C18H17N3O3S2/c22-18(20-19-16-11-13-3-1-4-15(13)16)12-6-8-14(9-7-12)21-26(23,24)17-5-2-10-25-17/h1-2,4-10,13,15,21H,3,11H2,(H,20,22)/b19-16-. The quantitative estimate of drug-likeness (QED) is 0.610. The van der Waals surface area contributed by atoms with E-state index in [1.165, 1.54) is 0 Å². The Morgan fingerprint density at radius 1 is 1.19 bits per heavy atom. The predicted octanol–water partition coefficient (Wildman–Crippen LogP) is 3.23. The van der Waals surface area contributed by atoms with Crippen molar-refractivity contribution in [3.05, 3.63) is 59.5 Å². The average molecular weight is 387 g/mol. The highest BCUT2D eigenvalue weighted by molar-refractivity contribution is 7.94. The van der Waals surface area contributed by atoms with E-state index in [1.807, 2.05) is 0 Å². The van der Waals surface area contributed by atoms with E-state index in [4.69, 9.17) is 0 Å². The molecule has 8 heteroatoms. The number of sulfonamides is 1. The molecule has 0 radical (unpaired) electrons. The Bertz CT molecular complexity index is 977. The molecule has 1 amide bonds. The van der Waals surface area contributed by atoms with E-state index in [1.54, 1.807) is 41.8 Å². The number of amides is 1. The van der Waals surface area contributed by atoms with Gasteiger partial charge in [-0.15, -0.1) is 11.3 Å². The molecule has 1 aromatic carbocycles. The van der Waals surface area contributed by atoms with E-state index in [9.17, 15) is 13.2 Å². The molecule has 2 N–H and O–H groups in total. The van der Waals surface area contributed by atoms with Crippen molar-refractivity contribution in [2.75, 3.05) is 4.72 Å². The minimum atomic E-state index is -3.59. The summed E-state index contributed by atoms with van der Waals surface area (Å²) in [7, 11) is -3.59. The van der Waals surface area contributed by atoms with E-state index in [-0.39, 0.29) is 10.1 Å². The number of nitrogens with one attached hydrogen (secondary N) is 2. The topological polar surface area (TPSA) is 87.6 Å². The van der Waals surface area contributed by atoms with Crippen molar-refractivity contribution in [1.29, 1.82) is 0 Å². The molecule has 1 saturated carbocycles. The van der Waals surface area contributed by atoms with Gasteiger partial charge in [0.1, 0.15) is 4.21 Å². The van der Waals surface area contributed by atoms with Gasteiger partial charge >= 0.3 is 0 Å². The molecule has 2 aliphatic rings. The van der Waals surface area contributed by atoms with Crippen molar-refractivity contribution in [1.82, 2.24) is 5.43 Å². The second-order valence-corrected chi connectivity index (χ2v) is 9.17. The molecule has 0 spiro atoms. The van der Waals surface area contributed by atoms with Crippen LogP contribution in [-0.2, 0) is 10.0 Å². The van der Waals surface area contributed by atoms with Gasteiger partial charge in [0.2, 0.25) is 0 Å². The molecule has 26 heavy (non-hydrogen) atoms. The number of fused-ring (bicyclic) bond motifs is 1. The Morgan fingerprint density at radius 3 is 2.69 bits per heavy atom. The molecule has 1 heterocycles. The molecule has 1 aromatic heterocycles. The first kappa shape index (κ1) is 17.0. The van der Waals surface area contributed by atoms with Gasteiger partial charge in [0.15, 0.2) is 0 Å². The third-order valence-corrected chi connectivity index (χ3v) is 7.39. The number of carbonyl (C=O) groups excluding carboxylic acids is 1. The van der Waals surface area contributed by atoms with Gasteiger partial charge in [-0.3, -0.25) is 9.52 Å². The van der Waals surface area contributed by atoms with Crippen LogP contribution in [0, 0.1) is 11.8 Å². The van der Waals surface area contributed by atoms with Gasteiger partial charge in [0.25, 0.3) is 15.9 Å². The minimum Gasteiger partial charge on any atom is -0.279 e. The van der Waals surface area contributed by atoms with E-state index < -0.39 is 10.0 Å². The van der Waals surface area contributed by atoms with Crippen molar-refractivity contribution in [2.24, 2.45) is 16.9 Å². The molecule has 2 aliphatic carbocycles. The highest BCUT2D eigenvalue weighted by atomic mass is 32.2. The molecular formula is C18H17N3O3S2. The predicted molar refractivity (Wildman–Crippen MR) is 102 cm³/mol. The number of allylic oxidation sites excluding steroid dienone is 2. The van der Waals surface area contributed by atoms with Crippen LogP contribution < -0.4 is 10.1 Å². The monoisotopic (exact) mass is 387 g/mol. The number of benzene rings is 1. The zero-order valence-electron chi connectivity index (χ0n) is 13.8. The van der Waals surface area contributed by atoms with Gasteiger partial charge in [-0.05, 0) is 54.5 Å². The summed E-state index contributed by atoms with van der Waals surface area (Å²) in [6.07, 6.45) is 6.34. The van der Waals surface area contributed by atoms with Gasteiger partial charge in [0, 0.05) is 22.9 Å². The van der Waals surface area contributed by atoms with Crippen LogP contribution in [-0.4, -0.2) is 20.0 Å². The maximum atomic E-state index is 12.2. The van der Waals surface area contributed by atoms with E-state index in [2.05, 4.69) is 27.4 Å². The Morgan fingerprint density at radius 2 is 2.00 bits per heavy atom. The van der Waals surface area contributed by atoms with Crippen molar-refractivity contribution >= 4 is 38.7 Å². The molecule has 134 valence electrons. The van der Waals surface area contributed by atoms with E-state index in [0.717, 1.165) is 29.9 Å². The van der Waals surface area contributed by atoms with Gasteiger partial charge in [-0.25, -0.2) is 13.8 Å². The number of hydrazone groups is 1. The molecular weight excluding hydrogens is 370 g/mol. The smallest absolute Gasteiger partial charge is 0.271 e. The van der Waals surface area contributed by atoms with E-state index >= 15 is 0 Å². The summed E-state index contributed by atoms with van der Waals surface area (Å²) in [5, 5.41) is 5.92. The number of anilines is 1. The van der Waals surface area contributed by atoms with Crippen LogP contribution in [0.3, 0.4) is 0 Å². The zero-order valence-corrected chi connectivity index (χ0v) is 15.4. The molecule has 0 saturated heterocycles. The number of hydrogen-bond donors (Lipinski definition) is 2. The summed E-state index contributed by atoms with van der Waals surface area (Å²) in [6.45, 7) is 0. The molecule has 6 nitrogen and oxygen atoms in total. The first-order valence-corrected chi connectivity index (χ1v) is 10.6. The van der Waals surface area contributed by atoms with Crippen LogP contribution in [0.2, 0.25) is 0 Å². The van der Waals surface area contributed by atoms with Crippen LogP contribution >= 0.6 is 11.3 Å². The fourth-order valence-electron chi connectivity index (χ4n) is 3.16. The lowest BCUT2D eigenvalue weighted by molar-refractivity contribution is 0.0954. The molecule has 2 aromatic rings. The lowest BCUT2D eigenvalue weighted by Gasteiger charge is -2.31. The van der Waals surface area contributed by atoms with Gasteiger partial charge < -0.3 is 0 Å². The maximum Gasteiger partial charge on any atom is 0.271 e. The Hall–Kier alpha value is -2.45. The number of thiophene rings is 1. The van der Waals surface area contributed by atoms with Gasteiger partial charge in [-0.1, -0.05) is 18.2 Å². The lowest BCUT2D eigenvalue weighted by Crippen LogP contribution is -2.35. The van der Waals surface area contributed by atoms with E-state index in [0.29, 0.717) is 23.1 Å². The number of rotatable bonds is 5. The molecule has 0 aliphatic heterocycles. The second kappa shape index (κ2) is 6.69. The first-order valence-electron chi connectivity index (χ1n) is 8.23. The van der Waals surface area contributed by atoms with Crippen molar-refractivity contribution in [2.45, 2.75) is 17.1 Å². The minimum absolute atomic E-state index is 0.245. The van der Waals surface area contributed by atoms with Crippen LogP contribution in [0.15, 0.2) is 63.2 Å². The SMILES string of the molecule is O=C(N/N=C1/CC2CC=CC12)c1ccc(NS(=O)(=O)c2cccs2)cc1. The van der Waals surface area contributed by atoms with Crippen molar-refractivity contribution in [3.8, 4) is 0 Å². The van der Waals surface area contributed by atoms with Gasteiger partial charge in [-0.2, -0.15) is 5.10 Å². The molecule has 4 rings (SSSR count). The Labute approximate surface area is 155 Å². The Kier molecular flexibility index (Phi) is 4.37. The third kappa shape index (κ3) is 3.30. The zero-order chi connectivity index (χ0) is 18.1. The largest absolute Gasteiger partial charge is 0.279 e. The summed E-state index contributed by atoms with van der Waals surface area (Å²) in [5.74, 6) is 0.723. The summed E-state index contributed by atoms with van der Waals surface area (Å²) >= 11 is 1.15. The number of nitrogens with zero attached hydrogens (tertiary/aromatic N) is 1. The summed E-state index contributed by atoms with van der Waals surface area (Å²) in [4.78, 5) is 12.2. The van der Waals surface area contributed by atoms with Crippen LogP contribution in [0.25, 0.3) is 0 Å². The Balaban J connectivity index is 1.39. The number of hydrogen-bond acceptors (Lipinski definition) is 5. The lowest BCUT2D eigenvalue weighted by atomic mass is 9.74.